The van der Waals surface area contributed by atoms with Crippen LogP contribution in [0.15, 0.2) is 45.5 Å². The minimum absolute atomic E-state index is 0.0150. The maximum atomic E-state index is 13.3. The largest absolute Gasteiger partial charge is 0.343 e. The predicted octanol–water partition coefficient (Wildman–Crippen LogP) is 3.61. The molecule has 0 fully saturated rings. The second-order valence-corrected chi connectivity index (χ2v) is 9.24. The van der Waals surface area contributed by atoms with Gasteiger partial charge in [0, 0.05) is 42.8 Å². The lowest BCUT2D eigenvalue weighted by atomic mass is 9.69. The molecule has 0 bridgehead atoms. The molecule has 0 amide bonds. The molecule has 1 unspecified atom stereocenters. The summed E-state index contributed by atoms with van der Waals surface area (Å²) in [5, 5.41) is 14.9. The number of nitrogens with one attached hydrogen (secondary N) is 1. The van der Waals surface area contributed by atoms with E-state index in [0.29, 0.717) is 40.5 Å². The third-order valence-electron chi connectivity index (χ3n) is 5.67. The number of nitro benzene ring substituents is 1. The van der Waals surface area contributed by atoms with Crippen molar-refractivity contribution in [3.63, 3.8) is 0 Å². The smallest absolute Gasteiger partial charge is 0.269 e. The molecule has 1 aromatic heterocycles. The number of thioether (sulfide) groups is 1. The van der Waals surface area contributed by atoms with Crippen molar-refractivity contribution in [2.24, 2.45) is 12.5 Å². The van der Waals surface area contributed by atoms with E-state index in [1.165, 1.54) is 28.5 Å². The lowest BCUT2D eigenvalue weighted by molar-refractivity contribution is -0.384. The minimum atomic E-state index is -0.609. The Bertz CT molecular complexity index is 1160. The van der Waals surface area contributed by atoms with Gasteiger partial charge in [-0.25, -0.2) is 4.98 Å². The molecule has 156 valence electrons. The van der Waals surface area contributed by atoms with E-state index < -0.39 is 10.8 Å². The van der Waals surface area contributed by atoms with Crippen LogP contribution in [0.3, 0.4) is 0 Å². The minimum Gasteiger partial charge on any atom is -0.343 e. The summed E-state index contributed by atoms with van der Waals surface area (Å²) < 4.78 is 1.48. The van der Waals surface area contributed by atoms with Gasteiger partial charge in [-0.1, -0.05) is 37.7 Å². The van der Waals surface area contributed by atoms with Crippen LogP contribution in [0.1, 0.15) is 43.7 Å². The van der Waals surface area contributed by atoms with Crippen molar-refractivity contribution >= 4 is 29.1 Å². The molecule has 0 radical (unpaired) electrons. The highest BCUT2D eigenvalue weighted by atomic mass is 32.2. The zero-order chi connectivity index (χ0) is 21.8. The zero-order valence-electron chi connectivity index (χ0n) is 17.2. The molecule has 2 aromatic rings. The van der Waals surface area contributed by atoms with Crippen LogP contribution < -0.4 is 10.9 Å². The molecule has 1 aromatic carbocycles. The predicted molar refractivity (Wildman–Crippen MR) is 115 cm³/mol. The quantitative estimate of drug-likeness (QED) is 0.346. The number of anilines is 1. The number of carbonyl (C=O) groups is 1. The zero-order valence-corrected chi connectivity index (χ0v) is 18.0. The van der Waals surface area contributed by atoms with E-state index in [1.54, 1.807) is 19.2 Å². The van der Waals surface area contributed by atoms with E-state index in [9.17, 15) is 19.7 Å². The maximum absolute atomic E-state index is 13.3. The second kappa shape index (κ2) is 7.09. The normalized spacial score (nSPS) is 19.7. The summed E-state index contributed by atoms with van der Waals surface area (Å²) in [5.41, 5.74) is 1.93. The van der Waals surface area contributed by atoms with Gasteiger partial charge in [0.15, 0.2) is 10.9 Å². The number of carbonyl (C=O) groups excluding carboxylic acids is 1. The number of hydrogen-bond acceptors (Lipinski definition) is 7. The molecule has 0 saturated heterocycles. The van der Waals surface area contributed by atoms with Gasteiger partial charge in [-0.05, 0) is 23.7 Å². The highest BCUT2D eigenvalue weighted by Gasteiger charge is 2.42. The average Bonchev–Trinajstić information content (AvgIpc) is 2.68. The molecule has 2 heterocycles. The van der Waals surface area contributed by atoms with E-state index in [2.05, 4.69) is 10.3 Å². The second-order valence-electron chi connectivity index (χ2n) is 8.46. The molecule has 1 aliphatic heterocycles. The van der Waals surface area contributed by atoms with Crippen LogP contribution >= 0.6 is 11.8 Å². The molecular formula is C21H22N4O4S. The SMILES string of the molecule is CSc1nc2c(c(=O)n1C)C(c1ccc([N+](=O)[O-])cc1)C1=C(CC(C)(C)CC1=O)N2. The molecular weight excluding hydrogens is 404 g/mol. The number of Topliss-reactive ketones (excluding diaryl/α,β-unsaturated/α-hetero) is 1. The van der Waals surface area contributed by atoms with Crippen LogP contribution in [0.4, 0.5) is 11.5 Å². The third kappa shape index (κ3) is 3.23. The Kier molecular flexibility index (Phi) is 4.80. The van der Waals surface area contributed by atoms with Crippen LogP contribution in [0.25, 0.3) is 0 Å². The number of benzene rings is 1. The first-order chi connectivity index (χ1) is 14.1. The van der Waals surface area contributed by atoms with Crippen molar-refractivity contribution in [3.05, 3.63) is 67.1 Å². The highest BCUT2D eigenvalue weighted by molar-refractivity contribution is 7.98. The van der Waals surface area contributed by atoms with E-state index in [-0.39, 0.29) is 22.4 Å². The van der Waals surface area contributed by atoms with Crippen molar-refractivity contribution < 1.29 is 9.72 Å². The van der Waals surface area contributed by atoms with Gasteiger partial charge in [-0.15, -0.1) is 0 Å². The Morgan fingerprint density at radius 2 is 1.90 bits per heavy atom. The number of nitro groups is 1. The summed E-state index contributed by atoms with van der Waals surface area (Å²) in [7, 11) is 1.66. The third-order valence-corrected chi connectivity index (χ3v) is 6.40. The molecule has 0 saturated carbocycles. The first-order valence-electron chi connectivity index (χ1n) is 9.55. The molecule has 0 spiro atoms. The molecule has 1 aliphatic carbocycles. The van der Waals surface area contributed by atoms with Crippen molar-refractivity contribution in [2.75, 3.05) is 11.6 Å². The fourth-order valence-corrected chi connectivity index (χ4v) is 4.87. The van der Waals surface area contributed by atoms with E-state index in [0.717, 1.165) is 5.70 Å². The van der Waals surface area contributed by atoms with Crippen molar-refractivity contribution in [2.45, 2.75) is 37.8 Å². The van der Waals surface area contributed by atoms with Crippen LogP contribution in [-0.4, -0.2) is 26.5 Å². The Balaban J connectivity index is 1.98. The van der Waals surface area contributed by atoms with Crippen LogP contribution in [0.5, 0.6) is 0 Å². The van der Waals surface area contributed by atoms with E-state index in [4.69, 9.17) is 0 Å². The van der Waals surface area contributed by atoms with Gasteiger partial charge in [0.05, 0.1) is 10.5 Å². The standard InChI is InChI=1S/C21H22N4O4S/c1-21(2)9-13-16(14(26)10-21)15(11-5-7-12(8-6-11)25(28)29)17-18(22-13)23-20(30-4)24(3)19(17)27/h5-8,15,22H,9-10H2,1-4H3. The van der Waals surface area contributed by atoms with Gasteiger partial charge in [0.1, 0.15) is 5.82 Å². The van der Waals surface area contributed by atoms with Gasteiger partial charge in [0.25, 0.3) is 11.2 Å². The van der Waals surface area contributed by atoms with Gasteiger partial charge in [-0.3, -0.25) is 24.3 Å². The number of ketones is 1. The van der Waals surface area contributed by atoms with Gasteiger partial charge < -0.3 is 5.32 Å². The monoisotopic (exact) mass is 426 g/mol. The Morgan fingerprint density at radius 3 is 2.50 bits per heavy atom. The summed E-state index contributed by atoms with van der Waals surface area (Å²) in [6, 6.07) is 6.06. The number of nitrogens with zero attached hydrogens (tertiary/aromatic N) is 3. The molecule has 8 nitrogen and oxygen atoms in total. The Labute approximate surface area is 177 Å². The number of rotatable bonds is 3. The number of non-ortho nitro benzene ring substituents is 1. The number of aromatic nitrogens is 2. The summed E-state index contributed by atoms with van der Waals surface area (Å²) >= 11 is 1.37. The van der Waals surface area contributed by atoms with Crippen LogP contribution in [0, 0.1) is 15.5 Å². The van der Waals surface area contributed by atoms with Gasteiger partial charge in [0.2, 0.25) is 0 Å². The average molecular weight is 426 g/mol. The first kappa shape index (κ1) is 20.3. The molecule has 30 heavy (non-hydrogen) atoms. The summed E-state index contributed by atoms with van der Waals surface area (Å²) in [6.07, 6.45) is 2.88. The van der Waals surface area contributed by atoms with Crippen molar-refractivity contribution in [1.82, 2.24) is 9.55 Å². The molecule has 2 aliphatic rings. The molecule has 9 heteroatoms. The highest BCUT2D eigenvalue weighted by Crippen LogP contribution is 2.47. The number of hydrogen-bond donors (Lipinski definition) is 1. The van der Waals surface area contributed by atoms with Crippen LogP contribution in [0.2, 0.25) is 0 Å². The van der Waals surface area contributed by atoms with E-state index >= 15 is 0 Å². The summed E-state index contributed by atoms with van der Waals surface area (Å²) in [5.74, 6) is -0.170. The van der Waals surface area contributed by atoms with Gasteiger partial charge >= 0.3 is 0 Å². The maximum Gasteiger partial charge on any atom is 0.269 e. The molecule has 1 atom stereocenters. The van der Waals surface area contributed by atoms with Gasteiger partial charge in [-0.2, -0.15) is 0 Å². The topological polar surface area (TPSA) is 107 Å². The summed E-state index contributed by atoms with van der Waals surface area (Å²) in [6.45, 7) is 4.08. The molecule has 1 N–H and O–H groups in total. The lowest BCUT2D eigenvalue weighted by Gasteiger charge is -2.38. The number of fused-ring (bicyclic) bond motifs is 1. The molecule has 4 rings (SSSR count). The lowest BCUT2D eigenvalue weighted by Crippen LogP contribution is -2.38. The fraction of sp³-hybridized carbons (Fsp3) is 0.381. The van der Waals surface area contributed by atoms with Crippen molar-refractivity contribution in [1.29, 1.82) is 0 Å². The summed E-state index contributed by atoms with van der Waals surface area (Å²) in [4.78, 5) is 41.7. The number of allylic oxidation sites excluding steroid dienone is 2. The van der Waals surface area contributed by atoms with Crippen LogP contribution in [-0.2, 0) is 11.8 Å². The fourth-order valence-electron chi connectivity index (χ4n) is 4.33. The first-order valence-corrected chi connectivity index (χ1v) is 10.8. The van der Waals surface area contributed by atoms with E-state index in [1.807, 2.05) is 20.1 Å². The van der Waals surface area contributed by atoms with Crippen molar-refractivity contribution in [3.8, 4) is 0 Å². The Morgan fingerprint density at radius 1 is 1.23 bits per heavy atom. The Hall–Kier alpha value is -2.94.